The largest absolute Gasteiger partial charge is 0.353 e. The quantitative estimate of drug-likeness (QED) is 0.831. The van der Waals surface area contributed by atoms with Crippen LogP contribution in [-0.2, 0) is 4.79 Å². The van der Waals surface area contributed by atoms with Gasteiger partial charge in [-0.2, -0.15) is 0 Å². The lowest BCUT2D eigenvalue weighted by Gasteiger charge is -2.36. The van der Waals surface area contributed by atoms with Gasteiger partial charge >= 0.3 is 0 Å². The summed E-state index contributed by atoms with van der Waals surface area (Å²) in [5, 5.41) is 3.26. The van der Waals surface area contributed by atoms with E-state index in [-0.39, 0.29) is 11.3 Å². The van der Waals surface area contributed by atoms with E-state index >= 15 is 0 Å². The van der Waals surface area contributed by atoms with Crippen LogP contribution in [-0.4, -0.2) is 36.0 Å². The Morgan fingerprint density at radius 3 is 2.16 bits per heavy atom. The second-order valence-electron chi connectivity index (χ2n) is 7.36. The minimum absolute atomic E-state index is 0.226. The zero-order valence-electron chi connectivity index (χ0n) is 13.6. The van der Waals surface area contributed by atoms with Crippen LogP contribution in [0.4, 0.5) is 0 Å². The first kappa shape index (κ1) is 16.5. The van der Waals surface area contributed by atoms with Gasteiger partial charge in [-0.25, -0.2) is 0 Å². The van der Waals surface area contributed by atoms with Crippen molar-refractivity contribution in [2.75, 3.05) is 13.1 Å². The Morgan fingerprint density at radius 1 is 1.21 bits per heavy atom. The highest BCUT2D eigenvalue weighted by Gasteiger charge is 2.31. The minimum Gasteiger partial charge on any atom is -0.353 e. The number of rotatable bonds is 5. The van der Waals surface area contributed by atoms with Crippen LogP contribution in [0, 0.1) is 11.3 Å². The van der Waals surface area contributed by atoms with Crippen molar-refractivity contribution in [3.63, 3.8) is 0 Å². The summed E-state index contributed by atoms with van der Waals surface area (Å²) < 4.78 is 0. The SMILES string of the molecule is CC(C)CC(C)(C)C(=O)NC1CCN(C(C)C)CC1. The van der Waals surface area contributed by atoms with Gasteiger partial charge in [0, 0.05) is 30.6 Å². The maximum atomic E-state index is 12.4. The molecule has 0 aliphatic carbocycles. The third-order valence-electron chi connectivity index (χ3n) is 4.13. The molecule has 1 saturated heterocycles. The van der Waals surface area contributed by atoms with E-state index in [0.29, 0.717) is 18.0 Å². The van der Waals surface area contributed by atoms with E-state index < -0.39 is 0 Å². The fraction of sp³-hybridized carbons (Fsp3) is 0.938. The third-order valence-corrected chi connectivity index (χ3v) is 4.13. The molecule has 0 atom stereocenters. The molecule has 0 radical (unpaired) electrons. The van der Waals surface area contributed by atoms with Gasteiger partial charge < -0.3 is 10.2 Å². The standard InChI is InChI=1S/C16H32N2O/c1-12(2)11-16(5,6)15(19)17-14-7-9-18(10-8-14)13(3)4/h12-14H,7-11H2,1-6H3,(H,17,19). The monoisotopic (exact) mass is 268 g/mol. The molecule has 1 N–H and O–H groups in total. The summed E-state index contributed by atoms with van der Waals surface area (Å²) in [6.07, 6.45) is 3.12. The molecule has 3 heteroatoms. The molecular formula is C16H32N2O. The molecular weight excluding hydrogens is 236 g/mol. The number of likely N-dealkylation sites (tertiary alicyclic amines) is 1. The average molecular weight is 268 g/mol. The Morgan fingerprint density at radius 2 is 1.74 bits per heavy atom. The topological polar surface area (TPSA) is 32.3 Å². The summed E-state index contributed by atoms with van der Waals surface area (Å²) in [6, 6.07) is 0.989. The molecule has 19 heavy (non-hydrogen) atoms. The Hall–Kier alpha value is -0.570. The Bertz CT molecular complexity index is 289. The van der Waals surface area contributed by atoms with Crippen LogP contribution in [0.2, 0.25) is 0 Å². The molecule has 3 nitrogen and oxygen atoms in total. The van der Waals surface area contributed by atoms with Crippen molar-refractivity contribution in [2.45, 2.75) is 72.9 Å². The summed E-state index contributed by atoms with van der Waals surface area (Å²) >= 11 is 0. The Balaban J connectivity index is 2.42. The predicted octanol–water partition coefficient (Wildman–Crippen LogP) is 3.05. The number of piperidine rings is 1. The molecule has 0 saturated carbocycles. The summed E-state index contributed by atoms with van der Waals surface area (Å²) in [5.74, 6) is 0.785. The van der Waals surface area contributed by atoms with Crippen LogP contribution in [0.25, 0.3) is 0 Å². The number of hydrogen-bond donors (Lipinski definition) is 1. The van der Waals surface area contributed by atoms with Crippen LogP contribution in [0.5, 0.6) is 0 Å². The van der Waals surface area contributed by atoms with Gasteiger partial charge in [-0.3, -0.25) is 4.79 Å². The van der Waals surface area contributed by atoms with Crippen molar-refractivity contribution in [1.29, 1.82) is 0 Å². The minimum atomic E-state index is -0.247. The molecule has 0 aromatic carbocycles. The normalized spacial score (nSPS) is 19.2. The van der Waals surface area contributed by atoms with Crippen LogP contribution in [0.1, 0.15) is 60.8 Å². The molecule has 1 amide bonds. The highest BCUT2D eigenvalue weighted by Crippen LogP contribution is 2.26. The summed E-state index contributed by atoms with van der Waals surface area (Å²) in [7, 11) is 0. The number of amides is 1. The highest BCUT2D eigenvalue weighted by atomic mass is 16.2. The van der Waals surface area contributed by atoms with Crippen molar-refractivity contribution < 1.29 is 4.79 Å². The van der Waals surface area contributed by atoms with E-state index in [1.165, 1.54) is 0 Å². The fourth-order valence-electron chi connectivity index (χ4n) is 3.05. The van der Waals surface area contributed by atoms with E-state index in [0.717, 1.165) is 32.4 Å². The van der Waals surface area contributed by atoms with Gasteiger partial charge in [-0.05, 0) is 39.0 Å². The second kappa shape index (κ2) is 6.74. The molecule has 0 aromatic heterocycles. The number of hydrogen-bond acceptors (Lipinski definition) is 2. The molecule has 1 fully saturated rings. The highest BCUT2D eigenvalue weighted by molar-refractivity contribution is 5.82. The predicted molar refractivity (Wildman–Crippen MR) is 81.1 cm³/mol. The lowest BCUT2D eigenvalue weighted by Crippen LogP contribution is -2.49. The van der Waals surface area contributed by atoms with Crippen LogP contribution in [0.15, 0.2) is 0 Å². The average Bonchev–Trinajstić information content (AvgIpc) is 2.27. The number of nitrogens with one attached hydrogen (secondary N) is 1. The van der Waals surface area contributed by atoms with Crippen LogP contribution < -0.4 is 5.32 Å². The van der Waals surface area contributed by atoms with Crippen molar-refractivity contribution >= 4 is 5.91 Å². The van der Waals surface area contributed by atoms with Crippen LogP contribution >= 0.6 is 0 Å². The van der Waals surface area contributed by atoms with Crippen molar-refractivity contribution in [2.24, 2.45) is 11.3 Å². The smallest absolute Gasteiger partial charge is 0.225 e. The molecule has 0 spiro atoms. The maximum Gasteiger partial charge on any atom is 0.225 e. The lowest BCUT2D eigenvalue weighted by atomic mass is 9.82. The molecule has 0 unspecified atom stereocenters. The van der Waals surface area contributed by atoms with E-state index in [1.54, 1.807) is 0 Å². The van der Waals surface area contributed by atoms with E-state index in [1.807, 2.05) is 0 Å². The van der Waals surface area contributed by atoms with Gasteiger partial charge in [-0.15, -0.1) is 0 Å². The Kier molecular flexibility index (Phi) is 5.84. The first-order valence-corrected chi connectivity index (χ1v) is 7.77. The Labute approximate surface area is 119 Å². The number of carbonyl (C=O) groups is 1. The molecule has 1 rings (SSSR count). The molecule has 1 aliphatic rings. The summed E-state index contributed by atoms with van der Waals surface area (Å²) in [4.78, 5) is 14.8. The molecule has 0 bridgehead atoms. The van der Waals surface area contributed by atoms with Gasteiger partial charge in [0.1, 0.15) is 0 Å². The van der Waals surface area contributed by atoms with Crippen molar-refractivity contribution in [3.05, 3.63) is 0 Å². The molecule has 0 aromatic rings. The molecule has 1 aliphatic heterocycles. The third kappa shape index (κ3) is 5.13. The summed E-state index contributed by atoms with van der Waals surface area (Å²) in [5.41, 5.74) is -0.247. The van der Waals surface area contributed by atoms with Gasteiger partial charge in [0.25, 0.3) is 0 Å². The number of nitrogens with zero attached hydrogens (tertiary/aromatic N) is 1. The zero-order valence-corrected chi connectivity index (χ0v) is 13.6. The van der Waals surface area contributed by atoms with Crippen LogP contribution in [0.3, 0.4) is 0 Å². The van der Waals surface area contributed by atoms with Crippen molar-refractivity contribution in [3.8, 4) is 0 Å². The van der Waals surface area contributed by atoms with Gasteiger partial charge in [0.2, 0.25) is 5.91 Å². The van der Waals surface area contributed by atoms with E-state index in [9.17, 15) is 4.79 Å². The second-order valence-corrected chi connectivity index (χ2v) is 7.36. The molecule has 112 valence electrons. The van der Waals surface area contributed by atoms with Gasteiger partial charge in [0.05, 0.1) is 0 Å². The molecule has 1 heterocycles. The summed E-state index contributed by atoms with van der Waals surface area (Å²) in [6.45, 7) is 15.2. The number of carbonyl (C=O) groups excluding carboxylic acids is 1. The first-order valence-electron chi connectivity index (χ1n) is 7.77. The van der Waals surface area contributed by atoms with Crippen molar-refractivity contribution in [1.82, 2.24) is 10.2 Å². The van der Waals surface area contributed by atoms with E-state index in [2.05, 4.69) is 51.8 Å². The lowest BCUT2D eigenvalue weighted by molar-refractivity contribution is -0.131. The zero-order chi connectivity index (χ0) is 14.6. The van der Waals surface area contributed by atoms with Gasteiger partial charge in [0.15, 0.2) is 0 Å². The first-order chi connectivity index (χ1) is 8.72. The van der Waals surface area contributed by atoms with Gasteiger partial charge in [-0.1, -0.05) is 27.7 Å². The van der Waals surface area contributed by atoms with E-state index in [4.69, 9.17) is 0 Å². The maximum absolute atomic E-state index is 12.4. The fourth-order valence-corrected chi connectivity index (χ4v) is 3.05.